The fourth-order valence-corrected chi connectivity index (χ4v) is 5.03. The van der Waals surface area contributed by atoms with Crippen molar-refractivity contribution in [2.75, 3.05) is 10.6 Å². The summed E-state index contributed by atoms with van der Waals surface area (Å²) >= 11 is 7.29. The van der Waals surface area contributed by atoms with Crippen molar-refractivity contribution in [2.24, 2.45) is 0 Å². The number of nitrogens with one attached hydrogen (secondary N) is 3. The van der Waals surface area contributed by atoms with Gasteiger partial charge in [0.25, 0.3) is 17.5 Å². The van der Waals surface area contributed by atoms with Crippen molar-refractivity contribution in [3.63, 3.8) is 0 Å². The fourth-order valence-electron chi connectivity index (χ4n) is 3.89. The highest BCUT2D eigenvalue weighted by atomic mass is 35.5. The van der Waals surface area contributed by atoms with Gasteiger partial charge in [-0.2, -0.15) is 0 Å². The lowest BCUT2D eigenvalue weighted by atomic mass is 10.1. The summed E-state index contributed by atoms with van der Waals surface area (Å²) in [5.41, 5.74) is 1.76. The second kappa shape index (κ2) is 14.8. The number of nitro benzene ring substituents is 1. The van der Waals surface area contributed by atoms with E-state index in [1.54, 1.807) is 72.8 Å². The number of thioether (sulfide) groups is 1. The Kier molecular flexibility index (Phi) is 10.7. The van der Waals surface area contributed by atoms with Crippen molar-refractivity contribution < 1.29 is 19.3 Å². The van der Waals surface area contributed by atoms with Crippen LogP contribution < -0.4 is 16.0 Å². The summed E-state index contributed by atoms with van der Waals surface area (Å²) in [6.07, 6.45) is 2.00. The molecule has 0 fully saturated rings. The van der Waals surface area contributed by atoms with Gasteiger partial charge in [-0.1, -0.05) is 42.8 Å². The zero-order valence-electron chi connectivity index (χ0n) is 23.0. The predicted octanol–water partition coefficient (Wildman–Crippen LogP) is 7.17. The van der Waals surface area contributed by atoms with Crippen molar-refractivity contribution in [2.45, 2.75) is 23.5 Å². The molecule has 0 heterocycles. The zero-order chi connectivity index (χ0) is 30.8. The zero-order valence-corrected chi connectivity index (χ0v) is 24.5. The lowest BCUT2D eigenvalue weighted by molar-refractivity contribution is -0.384. The summed E-state index contributed by atoms with van der Waals surface area (Å²) < 4.78 is 0. The molecule has 0 bridgehead atoms. The molecule has 0 aromatic heterocycles. The monoisotopic (exact) mass is 614 g/mol. The van der Waals surface area contributed by atoms with Crippen LogP contribution in [0.1, 0.15) is 29.3 Å². The maximum absolute atomic E-state index is 13.4. The van der Waals surface area contributed by atoms with Gasteiger partial charge in [-0.25, -0.2) is 0 Å². The Labute approximate surface area is 257 Å². The van der Waals surface area contributed by atoms with Crippen molar-refractivity contribution in [3.8, 4) is 0 Å². The molecule has 0 aliphatic carbocycles. The van der Waals surface area contributed by atoms with Gasteiger partial charge in [0.1, 0.15) is 5.70 Å². The summed E-state index contributed by atoms with van der Waals surface area (Å²) in [5.74, 6) is -1.26. The van der Waals surface area contributed by atoms with Crippen LogP contribution in [0.2, 0.25) is 5.02 Å². The number of nitro groups is 1. The van der Waals surface area contributed by atoms with Crippen LogP contribution in [-0.2, 0) is 9.59 Å². The molecule has 0 aliphatic heterocycles. The highest BCUT2D eigenvalue weighted by molar-refractivity contribution is 8.00. The average molecular weight is 615 g/mol. The van der Waals surface area contributed by atoms with Crippen LogP contribution in [0.5, 0.6) is 0 Å². The van der Waals surface area contributed by atoms with Crippen LogP contribution in [0.3, 0.4) is 0 Å². The number of hydrogen-bond acceptors (Lipinski definition) is 6. The van der Waals surface area contributed by atoms with Crippen LogP contribution in [0.15, 0.2) is 114 Å². The molecular formula is C32H27ClN4O5S. The Balaban J connectivity index is 1.51. The molecule has 3 amide bonds. The number of hydrogen-bond donors (Lipinski definition) is 3. The first-order valence-electron chi connectivity index (χ1n) is 13.2. The molecule has 4 aromatic carbocycles. The van der Waals surface area contributed by atoms with E-state index in [0.717, 1.165) is 4.90 Å². The summed E-state index contributed by atoms with van der Waals surface area (Å²) in [5, 5.41) is 19.5. The molecule has 4 rings (SSSR count). The quantitative estimate of drug-likeness (QED) is 0.0711. The minimum atomic E-state index is -0.600. The molecular weight excluding hydrogens is 588 g/mol. The number of anilines is 2. The van der Waals surface area contributed by atoms with Crippen molar-refractivity contribution in [1.82, 2.24) is 5.32 Å². The molecule has 0 saturated heterocycles. The molecule has 0 saturated carbocycles. The van der Waals surface area contributed by atoms with E-state index < -0.39 is 22.0 Å². The van der Waals surface area contributed by atoms with E-state index in [1.807, 2.05) is 13.0 Å². The summed E-state index contributed by atoms with van der Waals surface area (Å²) in [4.78, 5) is 50.5. The minimum absolute atomic E-state index is 0.0606. The molecule has 43 heavy (non-hydrogen) atoms. The van der Waals surface area contributed by atoms with E-state index in [9.17, 15) is 24.5 Å². The predicted molar refractivity (Wildman–Crippen MR) is 170 cm³/mol. The van der Waals surface area contributed by atoms with Crippen molar-refractivity contribution in [1.29, 1.82) is 0 Å². The largest absolute Gasteiger partial charge is 0.325 e. The maximum atomic E-state index is 13.4. The third-order valence-corrected chi connectivity index (χ3v) is 7.70. The second-order valence-electron chi connectivity index (χ2n) is 9.22. The van der Waals surface area contributed by atoms with Crippen molar-refractivity contribution in [3.05, 3.63) is 135 Å². The number of carbonyl (C=O) groups excluding carboxylic acids is 3. The van der Waals surface area contributed by atoms with E-state index in [-0.39, 0.29) is 17.3 Å². The van der Waals surface area contributed by atoms with Gasteiger partial charge in [-0.15, -0.1) is 11.8 Å². The average Bonchev–Trinajstić information content (AvgIpc) is 3.01. The highest BCUT2D eigenvalue weighted by Gasteiger charge is 2.19. The van der Waals surface area contributed by atoms with Crippen LogP contribution in [0, 0.1) is 10.1 Å². The molecule has 1 unspecified atom stereocenters. The standard InChI is InChI=1S/C32H27ClN4O5S/c1-2-29(32(40)34-24-15-13-23(33)14-16-24)43-27-10-6-9-25(20-27)35-31(39)28(36-30(38)22-7-4-3-5-8-22)19-21-11-17-26(18-12-21)37(41)42/h3-20,29H,2H2,1H3,(H,34,40)(H,35,39)(H,36,38)/b28-19+. The highest BCUT2D eigenvalue weighted by Crippen LogP contribution is 2.29. The SMILES string of the molecule is CCC(Sc1cccc(NC(=O)/C(=C\c2ccc([N+](=O)[O-])cc2)NC(=O)c2ccccc2)c1)C(=O)Nc1ccc(Cl)cc1. The Morgan fingerprint density at radius 3 is 2.23 bits per heavy atom. The van der Waals surface area contributed by atoms with Crippen molar-refractivity contribution >= 4 is 64.2 Å². The van der Waals surface area contributed by atoms with Gasteiger partial charge in [0.2, 0.25) is 5.91 Å². The summed E-state index contributed by atoms with van der Waals surface area (Å²) in [6.45, 7) is 1.91. The number of non-ortho nitro benzene ring substituents is 1. The Bertz CT molecular complexity index is 1640. The van der Waals surface area contributed by atoms with Gasteiger partial charge in [0, 0.05) is 39.0 Å². The first-order chi connectivity index (χ1) is 20.7. The van der Waals surface area contributed by atoms with Gasteiger partial charge >= 0.3 is 0 Å². The molecule has 0 radical (unpaired) electrons. The third kappa shape index (κ3) is 9.03. The third-order valence-electron chi connectivity index (χ3n) is 6.09. The number of benzene rings is 4. The lowest BCUT2D eigenvalue weighted by Crippen LogP contribution is -2.30. The number of halogens is 1. The Morgan fingerprint density at radius 1 is 0.884 bits per heavy atom. The topological polar surface area (TPSA) is 130 Å². The second-order valence-corrected chi connectivity index (χ2v) is 10.9. The Hall–Kier alpha value is -4.93. The smallest absolute Gasteiger partial charge is 0.272 e. The van der Waals surface area contributed by atoms with Gasteiger partial charge in [-0.05, 0) is 84.8 Å². The molecule has 9 nitrogen and oxygen atoms in total. The van der Waals surface area contributed by atoms with Crippen LogP contribution in [-0.4, -0.2) is 27.9 Å². The first-order valence-corrected chi connectivity index (χ1v) is 14.4. The van der Waals surface area contributed by atoms with Crippen LogP contribution >= 0.6 is 23.4 Å². The van der Waals surface area contributed by atoms with Gasteiger partial charge in [-0.3, -0.25) is 24.5 Å². The summed E-state index contributed by atoms with van der Waals surface area (Å²) in [6, 6.07) is 27.9. The molecule has 1 atom stereocenters. The fraction of sp³-hybridized carbons (Fsp3) is 0.0938. The molecule has 3 N–H and O–H groups in total. The summed E-state index contributed by atoms with van der Waals surface area (Å²) in [7, 11) is 0. The maximum Gasteiger partial charge on any atom is 0.272 e. The minimum Gasteiger partial charge on any atom is -0.325 e. The molecule has 0 spiro atoms. The molecule has 0 aliphatic rings. The lowest BCUT2D eigenvalue weighted by Gasteiger charge is -2.16. The molecule has 218 valence electrons. The van der Waals surface area contributed by atoms with E-state index in [0.29, 0.717) is 33.9 Å². The Morgan fingerprint density at radius 2 is 1.58 bits per heavy atom. The van der Waals surface area contributed by atoms with Crippen LogP contribution in [0.25, 0.3) is 6.08 Å². The van der Waals surface area contributed by atoms with E-state index >= 15 is 0 Å². The van der Waals surface area contributed by atoms with Gasteiger partial charge < -0.3 is 16.0 Å². The van der Waals surface area contributed by atoms with E-state index in [2.05, 4.69) is 16.0 Å². The molecule has 11 heteroatoms. The molecule has 4 aromatic rings. The van der Waals surface area contributed by atoms with E-state index in [1.165, 1.54) is 42.1 Å². The number of carbonyl (C=O) groups is 3. The van der Waals surface area contributed by atoms with Gasteiger partial charge in [0.15, 0.2) is 0 Å². The van der Waals surface area contributed by atoms with Gasteiger partial charge in [0.05, 0.1) is 10.2 Å². The van der Waals surface area contributed by atoms with Crippen LogP contribution in [0.4, 0.5) is 17.1 Å². The van der Waals surface area contributed by atoms with E-state index in [4.69, 9.17) is 11.6 Å². The number of amides is 3. The number of nitrogens with zero attached hydrogens (tertiary/aromatic N) is 1. The normalized spacial score (nSPS) is 11.7. The first kappa shape index (κ1) is 31.0. The number of rotatable bonds is 11.